The highest BCUT2D eigenvalue weighted by Gasteiger charge is 2.48. The minimum Gasteiger partial charge on any atom is -0.459 e. The molecule has 0 unspecified atom stereocenters. The second-order valence-corrected chi connectivity index (χ2v) is 22.5. The van der Waals surface area contributed by atoms with Crippen LogP contribution >= 0.6 is 0 Å². The molecule has 32 heavy (non-hydrogen) atoms. The van der Waals surface area contributed by atoms with Crippen LogP contribution in [-0.4, -0.2) is 64.8 Å². The third-order valence-corrected chi connectivity index (χ3v) is 17.1. The van der Waals surface area contributed by atoms with Crippen LogP contribution in [0.2, 0.25) is 36.3 Å². The van der Waals surface area contributed by atoms with Crippen molar-refractivity contribution in [2.45, 2.75) is 135 Å². The zero-order valence-electron chi connectivity index (χ0n) is 22.3. The molecular weight excluding hydrogens is 440 g/mol. The molecular formula is C24H48O6Si2. The molecule has 2 aliphatic rings. The van der Waals surface area contributed by atoms with Crippen LogP contribution in [0.3, 0.4) is 0 Å². The van der Waals surface area contributed by atoms with Gasteiger partial charge in [-0.3, -0.25) is 4.79 Å². The first-order valence-corrected chi connectivity index (χ1v) is 18.0. The van der Waals surface area contributed by atoms with E-state index in [1.807, 2.05) is 6.92 Å². The minimum atomic E-state index is -1.97. The highest BCUT2D eigenvalue weighted by molar-refractivity contribution is 6.74. The summed E-state index contributed by atoms with van der Waals surface area (Å²) < 4.78 is 24.6. The van der Waals surface area contributed by atoms with Crippen molar-refractivity contribution >= 4 is 22.6 Å². The zero-order chi connectivity index (χ0) is 24.7. The molecule has 0 aliphatic carbocycles. The number of aliphatic hydroxyl groups is 1. The fourth-order valence-electron chi connectivity index (χ4n) is 3.64. The molecule has 2 saturated heterocycles. The van der Waals surface area contributed by atoms with E-state index < -0.39 is 28.8 Å². The minimum absolute atomic E-state index is 0.0186. The molecule has 8 heteroatoms. The Morgan fingerprint density at radius 1 is 1.00 bits per heavy atom. The van der Waals surface area contributed by atoms with E-state index >= 15 is 0 Å². The number of hydrogen-bond donors (Lipinski definition) is 1. The highest BCUT2D eigenvalue weighted by Crippen LogP contribution is 2.41. The summed E-state index contributed by atoms with van der Waals surface area (Å²) >= 11 is 0. The van der Waals surface area contributed by atoms with Gasteiger partial charge in [-0.2, -0.15) is 0 Å². The first-order chi connectivity index (χ1) is 14.3. The number of esters is 1. The standard InChI is InChI=1S/C24H48O6Si2/c1-16-12-21(26)29-22(16)18(25)14-20-19(28-20)13-17(30-32(10,11)24(5,6)7)15-27-31(8,9)23(2,3)4/h16-20,22,25H,12-15H2,1-11H3/t16-,17+,18-,19-,20+,22-/m0/s1. The Labute approximate surface area is 198 Å². The van der Waals surface area contributed by atoms with Crippen LogP contribution in [0.5, 0.6) is 0 Å². The molecule has 188 valence electrons. The van der Waals surface area contributed by atoms with Gasteiger partial charge in [-0.05, 0) is 36.3 Å². The van der Waals surface area contributed by atoms with Gasteiger partial charge in [0.1, 0.15) is 6.10 Å². The summed E-state index contributed by atoms with van der Waals surface area (Å²) in [6.45, 7) is 25.1. The van der Waals surface area contributed by atoms with Gasteiger partial charge in [-0.25, -0.2) is 0 Å². The van der Waals surface area contributed by atoms with Crippen LogP contribution in [0, 0.1) is 5.92 Å². The largest absolute Gasteiger partial charge is 0.459 e. The molecule has 0 aromatic heterocycles. The van der Waals surface area contributed by atoms with Crippen molar-refractivity contribution in [3.05, 3.63) is 0 Å². The summed E-state index contributed by atoms with van der Waals surface area (Å²) in [6, 6.07) is 0. The Morgan fingerprint density at radius 3 is 2.00 bits per heavy atom. The van der Waals surface area contributed by atoms with Crippen LogP contribution in [0.25, 0.3) is 0 Å². The molecule has 2 heterocycles. The molecule has 0 aromatic carbocycles. The van der Waals surface area contributed by atoms with Crippen LogP contribution in [-0.2, 0) is 23.1 Å². The van der Waals surface area contributed by atoms with Crippen LogP contribution < -0.4 is 0 Å². The SMILES string of the molecule is C[C@H]1CC(=O)O[C@@H]1[C@@H](O)C[C@H]1O[C@H]1C[C@H](CO[Si](C)(C)C(C)(C)C)O[Si](C)(C)C(C)(C)C. The summed E-state index contributed by atoms with van der Waals surface area (Å²) in [6.07, 6.45) is 0.527. The Bertz CT molecular complexity index is 652. The molecule has 6 atom stereocenters. The fourth-order valence-corrected chi connectivity index (χ4v) is 6.03. The number of epoxide rings is 1. The average molecular weight is 489 g/mol. The maximum Gasteiger partial charge on any atom is 0.306 e. The van der Waals surface area contributed by atoms with E-state index in [1.54, 1.807) is 0 Å². The average Bonchev–Trinajstić information content (AvgIpc) is 3.21. The van der Waals surface area contributed by atoms with Crippen LogP contribution in [0.1, 0.15) is 67.7 Å². The number of aliphatic hydroxyl groups excluding tert-OH is 1. The van der Waals surface area contributed by atoms with Crippen molar-refractivity contribution in [3.8, 4) is 0 Å². The molecule has 0 bridgehead atoms. The van der Waals surface area contributed by atoms with Crippen molar-refractivity contribution in [1.82, 2.24) is 0 Å². The van der Waals surface area contributed by atoms with E-state index in [1.165, 1.54) is 0 Å². The molecule has 0 saturated carbocycles. The lowest BCUT2D eigenvalue weighted by molar-refractivity contribution is -0.146. The molecule has 0 amide bonds. The van der Waals surface area contributed by atoms with E-state index in [9.17, 15) is 9.90 Å². The number of rotatable bonds is 10. The number of carbonyl (C=O) groups is 1. The van der Waals surface area contributed by atoms with Gasteiger partial charge < -0.3 is 23.4 Å². The smallest absolute Gasteiger partial charge is 0.306 e. The normalized spacial score (nSPS) is 29.1. The quantitative estimate of drug-likeness (QED) is 0.257. The maximum absolute atomic E-state index is 11.5. The molecule has 0 aromatic rings. The van der Waals surface area contributed by atoms with Crippen LogP contribution in [0.4, 0.5) is 0 Å². The summed E-state index contributed by atoms with van der Waals surface area (Å²) in [5.41, 5.74) is 0. The van der Waals surface area contributed by atoms with E-state index in [0.717, 1.165) is 6.42 Å². The lowest BCUT2D eigenvalue weighted by Crippen LogP contribution is -2.48. The van der Waals surface area contributed by atoms with E-state index in [0.29, 0.717) is 19.4 Å². The third kappa shape index (κ3) is 7.12. The number of hydrogen-bond acceptors (Lipinski definition) is 6. The molecule has 0 spiro atoms. The van der Waals surface area contributed by atoms with Gasteiger partial charge >= 0.3 is 5.97 Å². The van der Waals surface area contributed by atoms with Crippen molar-refractivity contribution in [2.75, 3.05) is 6.61 Å². The molecule has 2 rings (SSSR count). The van der Waals surface area contributed by atoms with Gasteiger partial charge in [-0.15, -0.1) is 0 Å². The molecule has 2 aliphatic heterocycles. The first kappa shape index (κ1) is 28.0. The molecule has 2 fully saturated rings. The highest BCUT2D eigenvalue weighted by atomic mass is 28.4. The summed E-state index contributed by atoms with van der Waals surface area (Å²) in [7, 11) is -3.86. The van der Waals surface area contributed by atoms with E-state index in [-0.39, 0.29) is 40.3 Å². The zero-order valence-corrected chi connectivity index (χ0v) is 24.3. The first-order valence-electron chi connectivity index (χ1n) is 12.2. The monoisotopic (exact) mass is 488 g/mol. The van der Waals surface area contributed by atoms with Crippen molar-refractivity contribution < 1.29 is 28.2 Å². The Kier molecular flexibility index (Phi) is 8.55. The predicted octanol–water partition coefficient (Wildman–Crippen LogP) is 5.26. The lowest BCUT2D eigenvalue weighted by Gasteiger charge is -2.41. The second-order valence-electron chi connectivity index (χ2n) is 13.0. The fraction of sp³-hybridized carbons (Fsp3) is 0.958. The van der Waals surface area contributed by atoms with Gasteiger partial charge in [0.05, 0.1) is 37.4 Å². The van der Waals surface area contributed by atoms with E-state index in [2.05, 4.69) is 67.7 Å². The second kappa shape index (κ2) is 9.78. The third-order valence-electron chi connectivity index (χ3n) is 8.06. The lowest BCUT2D eigenvalue weighted by atomic mass is 9.95. The summed E-state index contributed by atoms with van der Waals surface area (Å²) in [5, 5.41) is 10.9. The maximum atomic E-state index is 11.5. The summed E-state index contributed by atoms with van der Waals surface area (Å²) in [5.74, 6) is -0.178. The molecule has 1 N–H and O–H groups in total. The molecule has 0 radical (unpaired) electrons. The van der Waals surface area contributed by atoms with Gasteiger partial charge in [0.2, 0.25) is 0 Å². The topological polar surface area (TPSA) is 77.5 Å². The number of ether oxygens (including phenoxy) is 2. The Balaban J connectivity index is 1.98. The Hall–Kier alpha value is -0.256. The molecule has 6 nitrogen and oxygen atoms in total. The van der Waals surface area contributed by atoms with Crippen molar-refractivity contribution in [2.24, 2.45) is 5.92 Å². The number of carbonyl (C=O) groups excluding carboxylic acids is 1. The van der Waals surface area contributed by atoms with Gasteiger partial charge in [0.25, 0.3) is 0 Å². The Morgan fingerprint density at radius 2 is 1.53 bits per heavy atom. The summed E-state index contributed by atoms with van der Waals surface area (Å²) in [4.78, 5) is 11.5. The van der Waals surface area contributed by atoms with Crippen LogP contribution in [0.15, 0.2) is 0 Å². The van der Waals surface area contributed by atoms with Gasteiger partial charge in [0, 0.05) is 18.8 Å². The predicted molar refractivity (Wildman–Crippen MR) is 133 cm³/mol. The van der Waals surface area contributed by atoms with Gasteiger partial charge in [0.15, 0.2) is 16.6 Å². The van der Waals surface area contributed by atoms with Crippen molar-refractivity contribution in [3.63, 3.8) is 0 Å². The van der Waals surface area contributed by atoms with E-state index in [4.69, 9.17) is 18.3 Å². The van der Waals surface area contributed by atoms with Gasteiger partial charge in [-0.1, -0.05) is 48.5 Å². The van der Waals surface area contributed by atoms with Crippen molar-refractivity contribution in [1.29, 1.82) is 0 Å². The number of cyclic esters (lactones) is 1.